The predicted molar refractivity (Wildman–Crippen MR) is 121 cm³/mol. The summed E-state index contributed by atoms with van der Waals surface area (Å²) in [5.41, 5.74) is 5.56. The Kier molecular flexibility index (Phi) is 6.03. The Morgan fingerprint density at radius 2 is 1.74 bits per heavy atom. The van der Waals surface area contributed by atoms with Crippen LogP contribution in [0.4, 0.5) is 5.69 Å². The Balaban J connectivity index is 1.42. The molecule has 31 heavy (non-hydrogen) atoms. The molecule has 0 fully saturated rings. The van der Waals surface area contributed by atoms with E-state index < -0.39 is 0 Å². The smallest absolute Gasteiger partial charge is 0.262 e. The Hall–Kier alpha value is -3.60. The number of ether oxygens (including phenoxy) is 1. The van der Waals surface area contributed by atoms with E-state index >= 15 is 0 Å². The maximum Gasteiger partial charge on any atom is 0.262 e. The molecular weight excluding hydrogens is 388 g/mol. The molecule has 0 bridgehead atoms. The van der Waals surface area contributed by atoms with Gasteiger partial charge in [-0.25, -0.2) is 0 Å². The molecule has 1 N–H and O–H groups in total. The molecule has 0 unspecified atom stereocenters. The second kappa shape index (κ2) is 9.04. The first-order valence-electron chi connectivity index (χ1n) is 10.5. The number of hydrogen-bond donors (Lipinski definition) is 1. The number of carbonyl (C=O) groups is 2. The van der Waals surface area contributed by atoms with Crippen LogP contribution in [0.25, 0.3) is 0 Å². The zero-order chi connectivity index (χ0) is 21.8. The number of aryl methyl sites for hydroxylation is 2. The van der Waals surface area contributed by atoms with Crippen LogP contribution in [0.15, 0.2) is 66.7 Å². The number of benzene rings is 3. The summed E-state index contributed by atoms with van der Waals surface area (Å²) >= 11 is 0. The average molecular weight is 415 g/mol. The quantitative estimate of drug-likeness (QED) is 0.645. The van der Waals surface area contributed by atoms with Crippen LogP contribution in [-0.2, 0) is 17.8 Å². The summed E-state index contributed by atoms with van der Waals surface area (Å²) in [6.07, 6.45) is 0.697. The summed E-state index contributed by atoms with van der Waals surface area (Å²) in [6, 6.07) is 21.3. The summed E-state index contributed by atoms with van der Waals surface area (Å²) in [6.45, 7) is 5.09. The number of amides is 2. The number of rotatable bonds is 6. The molecule has 1 aliphatic heterocycles. The summed E-state index contributed by atoms with van der Waals surface area (Å²) in [4.78, 5) is 27.2. The normalized spacial score (nSPS) is 13.0. The van der Waals surface area contributed by atoms with E-state index in [-0.39, 0.29) is 18.4 Å². The Morgan fingerprint density at radius 3 is 2.48 bits per heavy atom. The van der Waals surface area contributed by atoms with Gasteiger partial charge in [0.05, 0.1) is 0 Å². The van der Waals surface area contributed by atoms with Crippen molar-refractivity contribution < 1.29 is 14.3 Å². The molecule has 0 atom stereocenters. The third kappa shape index (κ3) is 4.94. The maximum atomic E-state index is 13.0. The van der Waals surface area contributed by atoms with E-state index in [0.717, 1.165) is 27.9 Å². The van der Waals surface area contributed by atoms with Crippen LogP contribution in [0.5, 0.6) is 5.75 Å². The van der Waals surface area contributed by atoms with Crippen molar-refractivity contribution in [3.63, 3.8) is 0 Å². The maximum absolute atomic E-state index is 13.0. The Bertz CT molecular complexity index is 1090. The van der Waals surface area contributed by atoms with Gasteiger partial charge in [0.1, 0.15) is 5.75 Å². The molecule has 0 saturated carbocycles. The largest absolute Gasteiger partial charge is 0.483 e. The molecule has 0 aromatic heterocycles. The number of anilines is 1. The highest BCUT2D eigenvalue weighted by Crippen LogP contribution is 2.29. The van der Waals surface area contributed by atoms with Crippen LogP contribution in [-0.4, -0.2) is 29.9 Å². The van der Waals surface area contributed by atoms with Crippen molar-refractivity contribution in [2.45, 2.75) is 26.8 Å². The van der Waals surface area contributed by atoms with Gasteiger partial charge in [-0.15, -0.1) is 0 Å². The van der Waals surface area contributed by atoms with Gasteiger partial charge in [0, 0.05) is 29.9 Å². The van der Waals surface area contributed by atoms with E-state index in [1.165, 1.54) is 0 Å². The first-order valence-corrected chi connectivity index (χ1v) is 10.5. The lowest BCUT2D eigenvalue weighted by atomic mass is 9.97. The lowest BCUT2D eigenvalue weighted by Crippen LogP contribution is -2.37. The van der Waals surface area contributed by atoms with Gasteiger partial charge in [-0.1, -0.05) is 42.5 Å². The van der Waals surface area contributed by atoms with Crippen LogP contribution >= 0.6 is 0 Å². The van der Waals surface area contributed by atoms with Crippen LogP contribution < -0.4 is 10.1 Å². The molecule has 3 aromatic rings. The number of hydrogen-bond acceptors (Lipinski definition) is 3. The fourth-order valence-electron chi connectivity index (χ4n) is 4.02. The lowest BCUT2D eigenvalue weighted by Gasteiger charge is -2.29. The topological polar surface area (TPSA) is 58.6 Å². The van der Waals surface area contributed by atoms with E-state index in [4.69, 9.17) is 4.74 Å². The van der Waals surface area contributed by atoms with Crippen molar-refractivity contribution in [3.05, 3.63) is 94.5 Å². The Labute approximate surface area is 182 Å². The second-order valence-electron chi connectivity index (χ2n) is 7.96. The van der Waals surface area contributed by atoms with Gasteiger partial charge < -0.3 is 15.0 Å². The molecule has 1 aliphatic rings. The van der Waals surface area contributed by atoms with Gasteiger partial charge in [0.25, 0.3) is 11.8 Å². The second-order valence-corrected chi connectivity index (χ2v) is 7.96. The summed E-state index contributed by atoms with van der Waals surface area (Å²) in [7, 11) is 0. The molecular formula is C26H26N2O3. The number of nitrogens with zero attached hydrogens (tertiary/aromatic N) is 1. The number of fused-ring (bicyclic) bond motifs is 1. The van der Waals surface area contributed by atoms with Gasteiger partial charge in [-0.05, 0) is 61.2 Å². The highest BCUT2D eigenvalue weighted by atomic mass is 16.5. The fraction of sp³-hybridized carbons (Fsp3) is 0.231. The van der Waals surface area contributed by atoms with Crippen molar-refractivity contribution in [1.29, 1.82) is 0 Å². The minimum atomic E-state index is -0.226. The highest BCUT2D eigenvalue weighted by molar-refractivity contribution is 5.97. The third-order valence-corrected chi connectivity index (χ3v) is 5.36. The van der Waals surface area contributed by atoms with Crippen molar-refractivity contribution in [2.24, 2.45) is 0 Å². The molecule has 0 radical (unpaired) electrons. The van der Waals surface area contributed by atoms with E-state index in [1.807, 2.05) is 73.3 Å². The molecule has 0 saturated heterocycles. The Morgan fingerprint density at radius 1 is 1.00 bits per heavy atom. The van der Waals surface area contributed by atoms with Crippen molar-refractivity contribution in [2.75, 3.05) is 18.5 Å². The van der Waals surface area contributed by atoms with Gasteiger partial charge in [0.15, 0.2) is 6.61 Å². The van der Waals surface area contributed by atoms with Crippen molar-refractivity contribution >= 4 is 17.5 Å². The molecule has 5 heteroatoms. The highest BCUT2D eigenvalue weighted by Gasteiger charge is 2.26. The van der Waals surface area contributed by atoms with Gasteiger partial charge in [0.2, 0.25) is 0 Å². The van der Waals surface area contributed by atoms with Crippen molar-refractivity contribution in [3.8, 4) is 5.75 Å². The summed E-state index contributed by atoms with van der Waals surface area (Å²) in [5.74, 6) is 0.367. The van der Waals surface area contributed by atoms with E-state index in [2.05, 4.69) is 11.4 Å². The van der Waals surface area contributed by atoms with Crippen LogP contribution in [0.3, 0.4) is 0 Å². The molecule has 158 valence electrons. The molecule has 2 amide bonds. The zero-order valence-electron chi connectivity index (χ0n) is 17.9. The minimum absolute atomic E-state index is 0.00441. The molecule has 5 nitrogen and oxygen atoms in total. The van der Waals surface area contributed by atoms with Crippen molar-refractivity contribution in [1.82, 2.24) is 4.90 Å². The third-order valence-electron chi connectivity index (χ3n) is 5.36. The molecule has 1 heterocycles. The molecule has 0 aliphatic carbocycles. The minimum Gasteiger partial charge on any atom is -0.483 e. The van der Waals surface area contributed by atoms with Crippen LogP contribution in [0, 0.1) is 13.8 Å². The molecule has 3 aromatic carbocycles. The number of nitrogens with one attached hydrogen (secondary N) is 1. The van der Waals surface area contributed by atoms with Gasteiger partial charge in [-0.2, -0.15) is 0 Å². The monoisotopic (exact) mass is 414 g/mol. The fourth-order valence-corrected chi connectivity index (χ4v) is 4.02. The zero-order valence-corrected chi connectivity index (χ0v) is 17.9. The summed E-state index contributed by atoms with van der Waals surface area (Å²) in [5, 5.41) is 2.88. The van der Waals surface area contributed by atoms with Gasteiger partial charge >= 0.3 is 0 Å². The van der Waals surface area contributed by atoms with Crippen LogP contribution in [0.1, 0.15) is 32.6 Å². The summed E-state index contributed by atoms with van der Waals surface area (Å²) < 4.78 is 5.82. The first kappa shape index (κ1) is 20.7. The SMILES string of the molecule is Cc1cc(C)cc(NC(=O)COc2cccc3c2CCN(Cc2ccccc2)C3=O)c1. The average Bonchev–Trinajstić information content (AvgIpc) is 2.74. The number of carbonyl (C=O) groups excluding carboxylic acids is 2. The first-order chi connectivity index (χ1) is 15.0. The van der Waals surface area contributed by atoms with E-state index in [1.54, 1.807) is 6.07 Å². The predicted octanol–water partition coefficient (Wildman–Crippen LogP) is 4.52. The van der Waals surface area contributed by atoms with Gasteiger partial charge in [-0.3, -0.25) is 9.59 Å². The van der Waals surface area contributed by atoms with E-state index in [0.29, 0.717) is 30.8 Å². The van der Waals surface area contributed by atoms with Crippen LogP contribution in [0.2, 0.25) is 0 Å². The lowest BCUT2D eigenvalue weighted by molar-refractivity contribution is -0.118. The van der Waals surface area contributed by atoms with E-state index in [9.17, 15) is 9.59 Å². The molecule has 4 rings (SSSR count). The standard InChI is InChI=1S/C26H26N2O3/c1-18-13-19(2)15-21(14-18)27-25(29)17-31-24-10-6-9-23-22(24)11-12-28(26(23)30)16-20-7-4-3-5-8-20/h3-10,13-15H,11-12,16-17H2,1-2H3,(H,27,29). The molecule has 0 spiro atoms.